The van der Waals surface area contributed by atoms with Gasteiger partial charge in [-0.1, -0.05) is 45.8 Å². The van der Waals surface area contributed by atoms with E-state index in [1.54, 1.807) is 11.3 Å². The van der Waals surface area contributed by atoms with Crippen LogP contribution in [0.4, 0.5) is 0 Å². The van der Waals surface area contributed by atoms with Gasteiger partial charge in [0.2, 0.25) is 0 Å². The lowest BCUT2D eigenvalue weighted by molar-refractivity contribution is 1.27. The highest BCUT2D eigenvalue weighted by molar-refractivity contribution is 9.11. The molecule has 0 saturated carbocycles. The Morgan fingerprint density at radius 2 is 1.93 bits per heavy atom. The van der Waals surface area contributed by atoms with Gasteiger partial charge < -0.3 is 0 Å². The minimum absolute atomic E-state index is 0.808. The summed E-state index contributed by atoms with van der Waals surface area (Å²) in [6.07, 6.45) is 0. The SMILES string of the molecule is Cc1ccc(-c2nc(CBr)sc2Br)cc1. The average Bonchev–Trinajstić information content (AvgIpc) is 2.61. The Morgan fingerprint density at radius 1 is 1.27 bits per heavy atom. The molecule has 0 amide bonds. The van der Waals surface area contributed by atoms with E-state index >= 15 is 0 Å². The largest absolute Gasteiger partial charge is 0.239 e. The zero-order valence-electron chi connectivity index (χ0n) is 8.13. The third kappa shape index (κ3) is 2.49. The molecule has 0 aliphatic rings. The number of benzene rings is 1. The van der Waals surface area contributed by atoms with Crippen LogP contribution in [0.3, 0.4) is 0 Å². The van der Waals surface area contributed by atoms with Crippen LogP contribution < -0.4 is 0 Å². The highest BCUT2D eigenvalue weighted by Crippen LogP contribution is 2.33. The molecule has 0 N–H and O–H groups in total. The van der Waals surface area contributed by atoms with E-state index in [9.17, 15) is 0 Å². The molecular weight excluding hydrogens is 338 g/mol. The number of halogens is 2. The standard InChI is InChI=1S/C11H9Br2NS/c1-7-2-4-8(5-3-7)10-11(13)15-9(6-12)14-10/h2-5H,6H2,1H3. The van der Waals surface area contributed by atoms with Gasteiger partial charge in [-0.05, 0) is 22.9 Å². The maximum absolute atomic E-state index is 4.55. The molecule has 78 valence electrons. The van der Waals surface area contributed by atoms with Crippen molar-refractivity contribution in [1.82, 2.24) is 4.98 Å². The Bertz CT molecular complexity index is 462. The second-order valence-electron chi connectivity index (χ2n) is 3.23. The minimum atomic E-state index is 0.808. The first-order chi connectivity index (χ1) is 7.20. The van der Waals surface area contributed by atoms with Crippen LogP contribution in [0, 0.1) is 6.92 Å². The van der Waals surface area contributed by atoms with Gasteiger partial charge in [0.1, 0.15) is 5.01 Å². The number of rotatable bonds is 2. The second-order valence-corrected chi connectivity index (χ2v) is 6.19. The molecule has 0 saturated heterocycles. The molecule has 1 nitrogen and oxygen atoms in total. The van der Waals surface area contributed by atoms with E-state index in [0.717, 1.165) is 25.4 Å². The first kappa shape index (κ1) is 11.3. The third-order valence-electron chi connectivity index (χ3n) is 2.07. The predicted molar refractivity (Wildman–Crippen MR) is 72.6 cm³/mol. The zero-order chi connectivity index (χ0) is 10.8. The smallest absolute Gasteiger partial charge is 0.105 e. The van der Waals surface area contributed by atoms with Gasteiger partial charge in [-0.15, -0.1) is 11.3 Å². The second kappa shape index (κ2) is 4.76. The van der Waals surface area contributed by atoms with Gasteiger partial charge >= 0.3 is 0 Å². The molecule has 1 aromatic heterocycles. The van der Waals surface area contributed by atoms with Crippen molar-refractivity contribution in [3.63, 3.8) is 0 Å². The molecule has 2 rings (SSSR count). The van der Waals surface area contributed by atoms with Gasteiger partial charge in [0.15, 0.2) is 0 Å². The molecule has 4 heteroatoms. The molecule has 1 heterocycles. The number of aromatic nitrogens is 1. The Labute approximate surface area is 110 Å². The number of hydrogen-bond donors (Lipinski definition) is 0. The van der Waals surface area contributed by atoms with E-state index in [2.05, 4.69) is 68.0 Å². The molecule has 0 fully saturated rings. The molecule has 0 unspecified atom stereocenters. The highest BCUT2D eigenvalue weighted by Gasteiger charge is 2.09. The fraction of sp³-hybridized carbons (Fsp3) is 0.182. The van der Waals surface area contributed by atoms with Gasteiger partial charge in [0.05, 0.1) is 14.8 Å². The monoisotopic (exact) mass is 345 g/mol. The number of hydrogen-bond acceptors (Lipinski definition) is 2. The number of aryl methyl sites for hydroxylation is 1. The van der Waals surface area contributed by atoms with Crippen LogP contribution in [-0.4, -0.2) is 4.98 Å². The molecule has 0 bridgehead atoms. The molecule has 2 aromatic rings. The minimum Gasteiger partial charge on any atom is -0.239 e. The Hall–Kier alpha value is -0.190. The highest BCUT2D eigenvalue weighted by atomic mass is 79.9. The number of nitrogens with zero attached hydrogens (tertiary/aromatic N) is 1. The summed E-state index contributed by atoms with van der Waals surface area (Å²) in [6.45, 7) is 2.09. The summed E-state index contributed by atoms with van der Waals surface area (Å²) in [7, 11) is 0. The van der Waals surface area contributed by atoms with E-state index in [-0.39, 0.29) is 0 Å². The van der Waals surface area contributed by atoms with Crippen molar-refractivity contribution in [1.29, 1.82) is 0 Å². The summed E-state index contributed by atoms with van der Waals surface area (Å²) in [4.78, 5) is 4.55. The first-order valence-electron chi connectivity index (χ1n) is 4.49. The number of thiazole rings is 1. The van der Waals surface area contributed by atoms with Crippen LogP contribution in [0.25, 0.3) is 11.3 Å². The van der Waals surface area contributed by atoms with Gasteiger partial charge in [0.25, 0.3) is 0 Å². The predicted octanol–water partition coefficient (Wildman–Crippen LogP) is 4.78. The van der Waals surface area contributed by atoms with Gasteiger partial charge in [-0.3, -0.25) is 0 Å². The van der Waals surface area contributed by atoms with E-state index in [1.807, 2.05) is 0 Å². The molecule has 0 radical (unpaired) electrons. The lowest BCUT2D eigenvalue weighted by Crippen LogP contribution is -1.80. The summed E-state index contributed by atoms with van der Waals surface area (Å²) >= 11 is 8.64. The Balaban J connectivity index is 2.44. The average molecular weight is 347 g/mol. The molecule has 1 aromatic carbocycles. The van der Waals surface area contributed by atoms with Crippen LogP contribution in [0.2, 0.25) is 0 Å². The van der Waals surface area contributed by atoms with Crippen molar-refractivity contribution >= 4 is 43.2 Å². The van der Waals surface area contributed by atoms with Gasteiger partial charge in [-0.25, -0.2) is 4.98 Å². The van der Waals surface area contributed by atoms with Crippen LogP contribution in [-0.2, 0) is 5.33 Å². The lowest BCUT2D eigenvalue weighted by Gasteiger charge is -1.98. The van der Waals surface area contributed by atoms with Crippen LogP contribution in [0.5, 0.6) is 0 Å². The molecule has 15 heavy (non-hydrogen) atoms. The van der Waals surface area contributed by atoms with Crippen LogP contribution >= 0.6 is 43.2 Å². The van der Waals surface area contributed by atoms with E-state index in [4.69, 9.17) is 0 Å². The van der Waals surface area contributed by atoms with Gasteiger partial charge in [0, 0.05) is 5.56 Å². The molecule has 0 aliphatic heterocycles. The zero-order valence-corrected chi connectivity index (χ0v) is 12.1. The quantitative estimate of drug-likeness (QED) is 0.713. The summed E-state index contributed by atoms with van der Waals surface area (Å²) < 4.78 is 1.10. The topological polar surface area (TPSA) is 12.9 Å². The van der Waals surface area contributed by atoms with Crippen molar-refractivity contribution in [3.8, 4) is 11.3 Å². The molecular formula is C11H9Br2NS. The molecule has 0 atom stereocenters. The number of alkyl halides is 1. The Kier molecular flexibility index (Phi) is 3.59. The van der Waals surface area contributed by atoms with E-state index < -0.39 is 0 Å². The van der Waals surface area contributed by atoms with Crippen molar-refractivity contribution in [2.75, 3.05) is 0 Å². The first-order valence-corrected chi connectivity index (χ1v) is 7.22. The van der Waals surface area contributed by atoms with Crippen molar-refractivity contribution in [3.05, 3.63) is 38.6 Å². The van der Waals surface area contributed by atoms with Crippen molar-refractivity contribution < 1.29 is 0 Å². The summed E-state index contributed by atoms with van der Waals surface area (Å²) in [5.74, 6) is 0. The molecule has 0 spiro atoms. The van der Waals surface area contributed by atoms with E-state index in [0.29, 0.717) is 0 Å². The molecule has 0 aliphatic carbocycles. The summed E-state index contributed by atoms with van der Waals surface area (Å²) in [5, 5.41) is 1.90. The fourth-order valence-electron chi connectivity index (χ4n) is 1.29. The van der Waals surface area contributed by atoms with Gasteiger partial charge in [-0.2, -0.15) is 0 Å². The Morgan fingerprint density at radius 3 is 2.47 bits per heavy atom. The van der Waals surface area contributed by atoms with Crippen LogP contribution in [0.1, 0.15) is 10.6 Å². The maximum Gasteiger partial charge on any atom is 0.105 e. The van der Waals surface area contributed by atoms with Crippen LogP contribution in [0.15, 0.2) is 28.1 Å². The van der Waals surface area contributed by atoms with Crippen molar-refractivity contribution in [2.45, 2.75) is 12.3 Å². The van der Waals surface area contributed by atoms with Crippen molar-refractivity contribution in [2.24, 2.45) is 0 Å². The maximum atomic E-state index is 4.55. The fourth-order valence-corrected chi connectivity index (χ4v) is 3.30. The summed E-state index contributed by atoms with van der Waals surface area (Å²) in [5.41, 5.74) is 3.47. The van der Waals surface area contributed by atoms with E-state index in [1.165, 1.54) is 5.56 Å². The summed E-state index contributed by atoms with van der Waals surface area (Å²) in [6, 6.07) is 8.42. The normalized spacial score (nSPS) is 10.6. The third-order valence-corrected chi connectivity index (χ3v) is 4.68. The lowest BCUT2D eigenvalue weighted by atomic mass is 10.1.